The number of rotatable bonds is 2. The summed E-state index contributed by atoms with van der Waals surface area (Å²) in [4.78, 5) is 0. The van der Waals surface area contributed by atoms with Gasteiger partial charge < -0.3 is 14.9 Å². The summed E-state index contributed by atoms with van der Waals surface area (Å²) in [6.45, 7) is 2.27. The van der Waals surface area contributed by atoms with Crippen molar-refractivity contribution in [1.82, 2.24) is 0 Å². The Hall–Kier alpha value is -1.90. The first-order valence-electron chi connectivity index (χ1n) is 8.72. The number of allylic oxidation sites excluding steroid dienone is 2. The van der Waals surface area contributed by atoms with E-state index in [9.17, 15) is 10.2 Å². The van der Waals surface area contributed by atoms with Crippen LogP contribution in [0.3, 0.4) is 0 Å². The Balaban J connectivity index is 1.69. The van der Waals surface area contributed by atoms with E-state index in [0.29, 0.717) is 29.3 Å². The predicted molar refractivity (Wildman–Crippen MR) is 89.7 cm³/mol. The first-order chi connectivity index (χ1) is 11.2. The summed E-state index contributed by atoms with van der Waals surface area (Å²) in [6.07, 6.45) is 10.4. The van der Waals surface area contributed by atoms with Crippen LogP contribution in [-0.4, -0.2) is 16.3 Å². The van der Waals surface area contributed by atoms with E-state index in [4.69, 9.17) is 4.74 Å². The van der Waals surface area contributed by atoms with Crippen molar-refractivity contribution in [2.24, 2.45) is 17.8 Å². The van der Waals surface area contributed by atoms with Crippen molar-refractivity contribution >= 4 is 0 Å². The van der Waals surface area contributed by atoms with E-state index in [1.54, 1.807) is 12.1 Å². The fourth-order valence-electron chi connectivity index (χ4n) is 4.67. The molecule has 1 unspecified atom stereocenters. The molecule has 2 aliphatic carbocycles. The number of phenols is 1. The van der Waals surface area contributed by atoms with Crippen molar-refractivity contribution in [3.05, 3.63) is 47.7 Å². The molecule has 3 aliphatic rings. The van der Waals surface area contributed by atoms with Gasteiger partial charge in [0.15, 0.2) is 0 Å². The SMILES string of the molecule is CC[C@@H]1C[C@@H]2C([C@@H]3C=CC(O)=CC3)Oc3ccc(O)cc3[C@@H]2C1. The van der Waals surface area contributed by atoms with E-state index < -0.39 is 0 Å². The average molecular weight is 312 g/mol. The Morgan fingerprint density at radius 1 is 1.22 bits per heavy atom. The van der Waals surface area contributed by atoms with Gasteiger partial charge >= 0.3 is 0 Å². The highest BCUT2D eigenvalue weighted by atomic mass is 16.5. The van der Waals surface area contributed by atoms with Gasteiger partial charge in [0.1, 0.15) is 23.4 Å². The lowest BCUT2D eigenvalue weighted by atomic mass is 9.76. The van der Waals surface area contributed by atoms with Crippen LogP contribution in [0.2, 0.25) is 0 Å². The van der Waals surface area contributed by atoms with E-state index in [1.165, 1.54) is 24.8 Å². The second-order valence-electron chi connectivity index (χ2n) is 7.21. The molecule has 4 rings (SSSR count). The normalized spacial score (nSPS) is 35.2. The van der Waals surface area contributed by atoms with Crippen molar-refractivity contribution in [1.29, 1.82) is 0 Å². The number of aliphatic hydroxyl groups excluding tert-OH is 1. The third kappa shape index (κ3) is 2.52. The molecule has 0 spiro atoms. The van der Waals surface area contributed by atoms with Crippen molar-refractivity contribution in [2.75, 3.05) is 0 Å². The van der Waals surface area contributed by atoms with Crippen LogP contribution >= 0.6 is 0 Å². The Bertz CT molecular complexity index is 661. The van der Waals surface area contributed by atoms with Gasteiger partial charge in [0, 0.05) is 17.4 Å². The molecule has 0 saturated heterocycles. The van der Waals surface area contributed by atoms with Crippen molar-refractivity contribution < 1.29 is 14.9 Å². The van der Waals surface area contributed by atoms with Gasteiger partial charge in [0.25, 0.3) is 0 Å². The molecule has 1 aromatic rings. The van der Waals surface area contributed by atoms with Gasteiger partial charge in [-0.05, 0) is 61.4 Å². The fraction of sp³-hybridized carbons (Fsp3) is 0.500. The molecule has 3 nitrogen and oxygen atoms in total. The second-order valence-corrected chi connectivity index (χ2v) is 7.21. The molecule has 122 valence electrons. The zero-order valence-electron chi connectivity index (χ0n) is 13.5. The number of aromatic hydroxyl groups is 1. The molecule has 1 fully saturated rings. The van der Waals surface area contributed by atoms with Gasteiger partial charge in [-0.25, -0.2) is 0 Å². The molecular weight excluding hydrogens is 288 g/mol. The average Bonchev–Trinajstić information content (AvgIpc) is 3.00. The zero-order valence-corrected chi connectivity index (χ0v) is 13.5. The van der Waals surface area contributed by atoms with E-state index in [-0.39, 0.29) is 6.10 Å². The molecule has 0 bridgehead atoms. The highest BCUT2D eigenvalue weighted by molar-refractivity contribution is 5.45. The number of phenolic OH excluding ortho intramolecular Hbond substituents is 1. The molecule has 2 N–H and O–H groups in total. The summed E-state index contributed by atoms with van der Waals surface area (Å²) in [5.41, 5.74) is 1.18. The molecule has 5 atom stereocenters. The summed E-state index contributed by atoms with van der Waals surface area (Å²) in [5.74, 6) is 3.65. The second kappa shape index (κ2) is 5.63. The molecule has 1 heterocycles. The van der Waals surface area contributed by atoms with Crippen molar-refractivity contribution in [3.63, 3.8) is 0 Å². The van der Waals surface area contributed by atoms with Crippen LogP contribution in [0.1, 0.15) is 44.1 Å². The lowest BCUT2D eigenvalue weighted by molar-refractivity contribution is 0.0664. The molecule has 1 aromatic carbocycles. The van der Waals surface area contributed by atoms with Gasteiger partial charge in [-0.3, -0.25) is 0 Å². The summed E-state index contributed by atoms with van der Waals surface area (Å²) in [5, 5.41) is 19.5. The Labute approximate surface area is 137 Å². The predicted octanol–water partition coefficient (Wildman–Crippen LogP) is 4.69. The fourth-order valence-corrected chi connectivity index (χ4v) is 4.67. The molecule has 0 aromatic heterocycles. The topological polar surface area (TPSA) is 49.7 Å². The van der Waals surface area contributed by atoms with Gasteiger partial charge in [0.2, 0.25) is 0 Å². The molecular formula is C20H24O3. The van der Waals surface area contributed by atoms with Crippen molar-refractivity contribution in [2.45, 2.75) is 44.6 Å². The highest BCUT2D eigenvalue weighted by Crippen LogP contribution is 2.54. The van der Waals surface area contributed by atoms with Crippen LogP contribution in [-0.2, 0) is 0 Å². The number of aliphatic hydroxyl groups is 1. The van der Waals surface area contributed by atoms with E-state index in [0.717, 1.165) is 18.1 Å². The lowest BCUT2D eigenvalue weighted by Crippen LogP contribution is -2.39. The Morgan fingerprint density at radius 2 is 2.09 bits per heavy atom. The summed E-state index contributed by atoms with van der Waals surface area (Å²) in [6, 6.07) is 5.52. The maximum Gasteiger partial charge on any atom is 0.123 e. The van der Waals surface area contributed by atoms with Gasteiger partial charge in [0.05, 0.1) is 0 Å². The van der Waals surface area contributed by atoms with Crippen LogP contribution < -0.4 is 4.74 Å². The van der Waals surface area contributed by atoms with Crippen LogP contribution in [0.25, 0.3) is 0 Å². The minimum Gasteiger partial charge on any atom is -0.508 e. The maximum atomic E-state index is 9.87. The highest BCUT2D eigenvalue weighted by Gasteiger charge is 2.46. The maximum absolute atomic E-state index is 9.87. The molecule has 3 heteroatoms. The number of hydrogen-bond acceptors (Lipinski definition) is 3. The quantitative estimate of drug-likeness (QED) is 0.833. The molecule has 1 aliphatic heterocycles. The van der Waals surface area contributed by atoms with Gasteiger partial charge in [-0.15, -0.1) is 0 Å². The summed E-state index contributed by atoms with van der Waals surface area (Å²) in [7, 11) is 0. The molecule has 23 heavy (non-hydrogen) atoms. The first-order valence-corrected chi connectivity index (χ1v) is 8.72. The zero-order chi connectivity index (χ0) is 16.0. The van der Waals surface area contributed by atoms with Crippen LogP contribution in [0, 0.1) is 17.8 Å². The summed E-state index contributed by atoms with van der Waals surface area (Å²) >= 11 is 0. The van der Waals surface area contributed by atoms with E-state index in [2.05, 4.69) is 13.0 Å². The van der Waals surface area contributed by atoms with Gasteiger partial charge in [-0.1, -0.05) is 19.4 Å². The van der Waals surface area contributed by atoms with E-state index in [1.807, 2.05) is 18.2 Å². The van der Waals surface area contributed by atoms with Gasteiger partial charge in [-0.2, -0.15) is 0 Å². The minimum atomic E-state index is 0.161. The monoisotopic (exact) mass is 312 g/mol. The molecule has 0 radical (unpaired) electrons. The number of hydrogen-bond donors (Lipinski definition) is 2. The molecule has 0 amide bonds. The standard InChI is InChI=1S/C20H24O3/c1-2-12-9-16-17-11-15(22)7-8-19(17)23-20(18(16)10-12)13-3-5-14(21)6-4-13/h3,5-8,11-13,16,18,20-22H,2,4,9-10H2,1H3/t12-,13+,16-,18-,20?/m0/s1. The van der Waals surface area contributed by atoms with E-state index >= 15 is 0 Å². The van der Waals surface area contributed by atoms with Crippen LogP contribution in [0.15, 0.2) is 42.2 Å². The molecule has 1 saturated carbocycles. The summed E-state index contributed by atoms with van der Waals surface area (Å²) < 4.78 is 6.40. The minimum absolute atomic E-state index is 0.161. The Kier molecular flexibility index (Phi) is 3.59. The third-order valence-electron chi connectivity index (χ3n) is 5.90. The number of fused-ring (bicyclic) bond motifs is 3. The number of ether oxygens (including phenoxy) is 1. The van der Waals surface area contributed by atoms with Crippen molar-refractivity contribution in [3.8, 4) is 11.5 Å². The Morgan fingerprint density at radius 3 is 2.83 bits per heavy atom. The first kappa shape index (κ1) is 14.7. The lowest BCUT2D eigenvalue weighted by Gasteiger charge is -2.39. The third-order valence-corrected chi connectivity index (χ3v) is 5.90. The van der Waals surface area contributed by atoms with Crippen LogP contribution in [0.5, 0.6) is 11.5 Å². The van der Waals surface area contributed by atoms with Crippen LogP contribution in [0.4, 0.5) is 0 Å². The number of benzene rings is 1. The largest absolute Gasteiger partial charge is 0.508 e. The smallest absolute Gasteiger partial charge is 0.123 e.